The molecule has 1 atom stereocenters. The van der Waals surface area contributed by atoms with Crippen LogP contribution in [0.2, 0.25) is 0 Å². The quantitative estimate of drug-likeness (QED) is 0.158. The molecular weight excluding hydrogens is 747 g/mol. The number of hydrogen-bond acceptors (Lipinski definition) is 1. The zero-order valence-corrected chi connectivity index (χ0v) is 39.1. The maximum Gasteiger partial charge on any atom is 0.0780 e. The largest absolute Gasteiger partial charge is 0.256 e. The van der Waals surface area contributed by atoms with Gasteiger partial charge in [-0.05, 0) is 140 Å². The van der Waals surface area contributed by atoms with Crippen LogP contribution in [0.4, 0.5) is 0 Å². The molecule has 0 bridgehead atoms. The fourth-order valence-electron chi connectivity index (χ4n) is 9.86. The highest BCUT2D eigenvalue weighted by Crippen LogP contribution is 2.59. The summed E-state index contributed by atoms with van der Waals surface area (Å²) in [5, 5.41) is 4.89. The Balaban J connectivity index is 1.53. The summed E-state index contributed by atoms with van der Waals surface area (Å²) in [4.78, 5) is 5.10. The van der Waals surface area contributed by atoms with E-state index in [9.17, 15) is 0 Å². The Hall–Kier alpha value is -5.79. The van der Waals surface area contributed by atoms with Gasteiger partial charge < -0.3 is 0 Å². The van der Waals surface area contributed by atoms with Crippen molar-refractivity contribution in [3.05, 3.63) is 179 Å². The molecule has 0 amide bonds. The smallest absolute Gasteiger partial charge is 0.0780 e. The van der Waals surface area contributed by atoms with E-state index in [1.807, 2.05) is 12.3 Å². The fourth-order valence-corrected chi connectivity index (χ4v) is 9.86. The maximum atomic E-state index is 5.10. The van der Waals surface area contributed by atoms with Crippen molar-refractivity contribution in [2.24, 2.45) is 5.92 Å². The monoisotopic (exact) mass is 809 g/mol. The lowest BCUT2D eigenvalue weighted by Gasteiger charge is -2.29. The molecule has 6 aromatic carbocycles. The Morgan fingerprint density at radius 1 is 0.516 bits per heavy atom. The summed E-state index contributed by atoms with van der Waals surface area (Å²) in [6.07, 6.45) is 11.9. The van der Waals surface area contributed by atoms with Crippen LogP contribution in [0.3, 0.4) is 0 Å². The Bertz CT molecular complexity index is 2960. The Morgan fingerprint density at radius 2 is 1.10 bits per heavy atom. The van der Waals surface area contributed by atoms with Gasteiger partial charge in [0.25, 0.3) is 0 Å². The van der Waals surface area contributed by atoms with Gasteiger partial charge in [-0.25, -0.2) is 0 Å². The van der Waals surface area contributed by atoms with Crippen LogP contribution >= 0.6 is 0 Å². The molecule has 2 aliphatic rings. The molecule has 0 fully saturated rings. The van der Waals surface area contributed by atoms with Crippen LogP contribution in [-0.4, -0.2) is 4.98 Å². The molecule has 0 N–H and O–H groups in total. The van der Waals surface area contributed by atoms with Crippen LogP contribution in [0.5, 0.6) is 0 Å². The van der Waals surface area contributed by atoms with E-state index in [-0.39, 0.29) is 27.6 Å². The van der Waals surface area contributed by atoms with Gasteiger partial charge >= 0.3 is 0 Å². The van der Waals surface area contributed by atoms with E-state index in [0.29, 0.717) is 0 Å². The van der Waals surface area contributed by atoms with E-state index in [2.05, 4.69) is 211 Å². The number of aromatic nitrogens is 1. The van der Waals surface area contributed by atoms with Crippen LogP contribution < -0.4 is 0 Å². The van der Waals surface area contributed by atoms with Crippen molar-refractivity contribution in [3.63, 3.8) is 0 Å². The first-order valence-electron chi connectivity index (χ1n) is 22.7. The molecule has 1 nitrogen and oxygen atoms in total. The first kappa shape index (κ1) is 41.6. The lowest BCUT2D eigenvalue weighted by molar-refractivity contribution is 0.568. The molecule has 1 aromatic heterocycles. The predicted molar refractivity (Wildman–Crippen MR) is 269 cm³/mol. The summed E-state index contributed by atoms with van der Waals surface area (Å²) in [6.45, 7) is 32.3. The molecule has 7 aromatic rings. The first-order valence-corrected chi connectivity index (χ1v) is 22.7. The van der Waals surface area contributed by atoms with Gasteiger partial charge in [0.05, 0.1) is 5.69 Å². The minimum Gasteiger partial charge on any atom is -0.256 e. The third-order valence-corrected chi connectivity index (χ3v) is 13.5. The second-order valence-electron chi connectivity index (χ2n) is 22.1. The van der Waals surface area contributed by atoms with Crippen molar-refractivity contribution in [3.8, 4) is 44.6 Å². The highest BCUT2D eigenvalue weighted by Gasteiger charge is 2.37. The molecule has 1 unspecified atom stereocenters. The topological polar surface area (TPSA) is 12.9 Å². The third kappa shape index (κ3) is 7.18. The zero-order valence-electron chi connectivity index (χ0n) is 39.1. The normalized spacial score (nSPS) is 15.3. The van der Waals surface area contributed by atoms with Crippen LogP contribution in [0.1, 0.15) is 122 Å². The molecule has 1 heteroatoms. The summed E-state index contributed by atoms with van der Waals surface area (Å²) in [7, 11) is 0. The van der Waals surface area contributed by atoms with E-state index >= 15 is 0 Å². The second-order valence-corrected chi connectivity index (χ2v) is 22.1. The average Bonchev–Trinajstić information content (AvgIpc) is 3.54. The van der Waals surface area contributed by atoms with E-state index < -0.39 is 0 Å². The van der Waals surface area contributed by atoms with Crippen molar-refractivity contribution in [1.82, 2.24) is 4.98 Å². The van der Waals surface area contributed by atoms with Gasteiger partial charge in [0.1, 0.15) is 0 Å². The third-order valence-electron chi connectivity index (χ3n) is 13.5. The number of allylic oxidation sites excluding steroid dienone is 4. The van der Waals surface area contributed by atoms with Crippen molar-refractivity contribution in [1.29, 1.82) is 0 Å². The van der Waals surface area contributed by atoms with Crippen molar-refractivity contribution < 1.29 is 0 Å². The SMILES string of the molecule is C=C/C=C\C1C=C2c3c(cccc3-c3c2c(-c2cc(C(C)(C)C)cc(C(C)(C)C)c2)c2ccc(-c4nccc5ccccc45)cc2c3-c2cc(C(C)(C)C)cc(C(C)(C)C)c2)C1. The van der Waals surface area contributed by atoms with E-state index in [0.717, 1.165) is 17.7 Å². The highest BCUT2D eigenvalue weighted by atomic mass is 14.7. The van der Waals surface area contributed by atoms with Crippen LogP contribution in [0.25, 0.3) is 71.8 Å². The zero-order chi connectivity index (χ0) is 44.1. The predicted octanol–water partition coefficient (Wildman–Crippen LogP) is 16.9. The molecule has 0 saturated carbocycles. The number of fused-ring (bicyclic) bond motifs is 5. The molecule has 1 heterocycles. The van der Waals surface area contributed by atoms with E-state index in [1.165, 1.54) is 99.4 Å². The number of nitrogens with zero attached hydrogens (tertiary/aromatic N) is 1. The maximum absolute atomic E-state index is 5.10. The standard InChI is InChI=1S/C61H63N/c1-14-15-19-37-28-39-21-18-23-49-52(39)51(29-37)56-53(41-30-43(58(2,3)4)35-44(31-41)59(5,6)7)48-25-24-40(57-47-22-17-16-20-38(47)26-27-62-57)34-50(48)54(55(49)56)42-32-45(60(8,9)10)36-46(33-42)61(11,12)13/h14-27,29-37H,1,28H2,2-13H3/b19-15-. The van der Waals surface area contributed by atoms with Gasteiger partial charge in [-0.15, -0.1) is 0 Å². The Morgan fingerprint density at radius 3 is 1.68 bits per heavy atom. The van der Waals surface area contributed by atoms with Gasteiger partial charge in [0, 0.05) is 17.1 Å². The average molecular weight is 810 g/mol. The number of pyridine rings is 1. The minimum absolute atomic E-state index is 0.0420. The molecule has 312 valence electrons. The summed E-state index contributed by atoms with van der Waals surface area (Å²) >= 11 is 0. The molecular formula is C61H63N. The van der Waals surface area contributed by atoms with Gasteiger partial charge in [0.15, 0.2) is 0 Å². The van der Waals surface area contributed by atoms with Gasteiger partial charge in [0.2, 0.25) is 0 Å². The lowest BCUT2D eigenvalue weighted by Crippen LogP contribution is -2.17. The molecule has 0 spiro atoms. The van der Waals surface area contributed by atoms with Crippen molar-refractivity contribution >= 4 is 27.1 Å². The van der Waals surface area contributed by atoms with Crippen LogP contribution in [-0.2, 0) is 28.1 Å². The number of hydrogen-bond donors (Lipinski definition) is 0. The number of rotatable bonds is 5. The second kappa shape index (κ2) is 14.7. The van der Waals surface area contributed by atoms with Gasteiger partial charge in [-0.1, -0.05) is 205 Å². The minimum atomic E-state index is -0.0481. The molecule has 62 heavy (non-hydrogen) atoms. The molecule has 0 saturated heterocycles. The first-order chi connectivity index (χ1) is 29.2. The van der Waals surface area contributed by atoms with Crippen LogP contribution in [0.15, 0.2) is 140 Å². The van der Waals surface area contributed by atoms with Gasteiger partial charge in [-0.2, -0.15) is 0 Å². The molecule has 0 aliphatic heterocycles. The Kier molecular flexibility index (Phi) is 9.82. The molecule has 9 rings (SSSR count). The van der Waals surface area contributed by atoms with E-state index in [1.54, 1.807) is 0 Å². The van der Waals surface area contributed by atoms with E-state index in [4.69, 9.17) is 4.98 Å². The molecule has 2 aliphatic carbocycles. The number of benzene rings is 6. The lowest BCUT2D eigenvalue weighted by atomic mass is 9.75. The fraction of sp³-hybridized carbons (Fsp3) is 0.295. The molecule has 0 radical (unpaired) electrons. The summed E-state index contributed by atoms with van der Waals surface area (Å²) in [6, 6.07) is 40.0. The van der Waals surface area contributed by atoms with Gasteiger partial charge in [-0.3, -0.25) is 4.98 Å². The highest BCUT2D eigenvalue weighted by molar-refractivity contribution is 6.22. The Labute approximate surface area is 371 Å². The van der Waals surface area contributed by atoms with Crippen LogP contribution in [0, 0.1) is 5.92 Å². The van der Waals surface area contributed by atoms with Crippen molar-refractivity contribution in [2.75, 3.05) is 0 Å². The summed E-state index contributed by atoms with van der Waals surface area (Å²) in [5.41, 5.74) is 20.8. The summed E-state index contributed by atoms with van der Waals surface area (Å²) in [5.74, 6) is 0.256. The van der Waals surface area contributed by atoms with Crippen molar-refractivity contribution in [2.45, 2.75) is 111 Å². The summed E-state index contributed by atoms with van der Waals surface area (Å²) < 4.78 is 0.